The van der Waals surface area contributed by atoms with Crippen molar-refractivity contribution in [3.63, 3.8) is 0 Å². The van der Waals surface area contributed by atoms with E-state index in [1.807, 2.05) is 12.1 Å². The van der Waals surface area contributed by atoms with Gasteiger partial charge < -0.3 is 18.7 Å². The van der Waals surface area contributed by atoms with E-state index < -0.39 is 5.91 Å². The summed E-state index contributed by atoms with van der Waals surface area (Å²) in [4.78, 5) is 29.4. The summed E-state index contributed by atoms with van der Waals surface area (Å²) in [7, 11) is 0. The Bertz CT molecular complexity index is 1430. The molecule has 0 unspecified atom stereocenters. The minimum absolute atomic E-state index is 0.0728. The number of nitrogens with zero attached hydrogens (tertiary/aromatic N) is 2. The van der Waals surface area contributed by atoms with Gasteiger partial charge in [0.1, 0.15) is 5.58 Å². The number of carbonyl (C=O) groups excluding carboxylic acids is 1. The van der Waals surface area contributed by atoms with Gasteiger partial charge in [0.25, 0.3) is 5.91 Å². The molecule has 152 valence electrons. The second-order valence-electron chi connectivity index (χ2n) is 6.75. The van der Waals surface area contributed by atoms with E-state index >= 15 is 0 Å². The van der Waals surface area contributed by atoms with E-state index in [9.17, 15) is 9.59 Å². The predicted octanol–water partition coefficient (Wildman–Crippen LogP) is 4.28. The van der Waals surface area contributed by atoms with Crippen molar-refractivity contribution in [2.45, 2.75) is 6.42 Å². The lowest BCUT2D eigenvalue weighted by Gasteiger charge is -2.09. The molecule has 0 saturated heterocycles. The molecule has 5 aromatic rings. The molecule has 0 aliphatic heterocycles. The molecule has 3 aromatic heterocycles. The Morgan fingerprint density at radius 2 is 1.84 bits per heavy atom. The lowest BCUT2D eigenvalue weighted by atomic mass is 10.1. The van der Waals surface area contributed by atoms with Gasteiger partial charge in [-0.1, -0.05) is 35.5 Å². The van der Waals surface area contributed by atoms with Gasteiger partial charge in [-0.3, -0.25) is 9.59 Å². The molecule has 0 saturated carbocycles. The fourth-order valence-electron chi connectivity index (χ4n) is 3.19. The van der Waals surface area contributed by atoms with Gasteiger partial charge in [0.05, 0.1) is 18.1 Å². The first-order valence-corrected chi connectivity index (χ1v) is 9.46. The molecule has 0 atom stereocenters. The predicted molar refractivity (Wildman–Crippen MR) is 112 cm³/mol. The standard InChI is InChI=1S/C23H15N3O5/c27-17-13-20(30-18-9-4-2-7-15(17)18)23(28)24-16-8-3-1-6-14(16)12-21-25-22(26-31-21)19-10-5-11-29-19/h1-11,13H,12H2,(H,24,28). The summed E-state index contributed by atoms with van der Waals surface area (Å²) >= 11 is 0. The van der Waals surface area contributed by atoms with Crippen LogP contribution in [-0.2, 0) is 6.42 Å². The van der Waals surface area contributed by atoms with Crippen LogP contribution in [0.5, 0.6) is 0 Å². The Hall–Kier alpha value is -4.46. The Labute approximate surface area is 175 Å². The number of nitrogens with one attached hydrogen (secondary N) is 1. The number of aromatic nitrogens is 2. The average Bonchev–Trinajstić information content (AvgIpc) is 3.47. The van der Waals surface area contributed by atoms with Crippen LogP contribution in [0.2, 0.25) is 0 Å². The lowest BCUT2D eigenvalue weighted by Crippen LogP contribution is -2.16. The van der Waals surface area contributed by atoms with Crippen LogP contribution in [0.3, 0.4) is 0 Å². The van der Waals surface area contributed by atoms with Crippen molar-refractivity contribution in [2.24, 2.45) is 0 Å². The summed E-state index contributed by atoms with van der Waals surface area (Å²) in [5, 5.41) is 7.13. The number of benzene rings is 2. The molecule has 0 bridgehead atoms. The number of fused-ring (bicyclic) bond motifs is 1. The van der Waals surface area contributed by atoms with Crippen LogP contribution in [0.25, 0.3) is 22.6 Å². The van der Waals surface area contributed by atoms with Gasteiger partial charge in [-0.15, -0.1) is 0 Å². The van der Waals surface area contributed by atoms with Gasteiger partial charge >= 0.3 is 0 Å². The molecule has 31 heavy (non-hydrogen) atoms. The SMILES string of the molecule is O=C(Nc1ccccc1Cc1nc(-c2ccco2)no1)c1cc(=O)c2ccccc2o1. The molecule has 5 rings (SSSR count). The third-order valence-electron chi connectivity index (χ3n) is 4.68. The van der Waals surface area contributed by atoms with Crippen LogP contribution in [0.4, 0.5) is 5.69 Å². The second kappa shape index (κ2) is 7.75. The molecule has 0 fully saturated rings. The van der Waals surface area contributed by atoms with Crippen molar-refractivity contribution in [1.82, 2.24) is 10.1 Å². The van der Waals surface area contributed by atoms with Crippen LogP contribution in [-0.4, -0.2) is 16.0 Å². The first-order chi connectivity index (χ1) is 15.2. The van der Waals surface area contributed by atoms with Crippen LogP contribution < -0.4 is 10.7 Å². The summed E-state index contributed by atoms with van der Waals surface area (Å²) in [6.45, 7) is 0. The van der Waals surface area contributed by atoms with Gasteiger partial charge in [-0.25, -0.2) is 0 Å². The highest BCUT2D eigenvalue weighted by atomic mass is 16.5. The summed E-state index contributed by atoms with van der Waals surface area (Å²) in [6, 6.07) is 18.7. The Kier molecular flexibility index (Phi) is 4.64. The van der Waals surface area contributed by atoms with Gasteiger partial charge in [0, 0.05) is 11.8 Å². The fourth-order valence-corrected chi connectivity index (χ4v) is 3.19. The van der Waals surface area contributed by atoms with Crippen LogP contribution in [0, 0.1) is 0 Å². The van der Waals surface area contributed by atoms with Gasteiger partial charge in [0.15, 0.2) is 16.9 Å². The largest absolute Gasteiger partial charge is 0.461 e. The molecule has 0 spiro atoms. The third-order valence-corrected chi connectivity index (χ3v) is 4.68. The Morgan fingerprint density at radius 1 is 1.00 bits per heavy atom. The molecular weight excluding hydrogens is 398 g/mol. The molecule has 2 aromatic carbocycles. The summed E-state index contributed by atoms with van der Waals surface area (Å²) < 4.78 is 16.2. The topological polar surface area (TPSA) is 111 Å². The van der Waals surface area contributed by atoms with E-state index in [0.717, 1.165) is 5.56 Å². The van der Waals surface area contributed by atoms with E-state index in [2.05, 4.69) is 15.5 Å². The zero-order valence-electron chi connectivity index (χ0n) is 16.1. The normalized spacial score (nSPS) is 11.0. The van der Waals surface area contributed by atoms with Crippen LogP contribution in [0.15, 0.2) is 91.1 Å². The number of para-hydroxylation sites is 2. The number of rotatable bonds is 5. The molecule has 8 heteroatoms. The van der Waals surface area contributed by atoms with Gasteiger partial charge in [-0.2, -0.15) is 4.98 Å². The van der Waals surface area contributed by atoms with Crippen molar-refractivity contribution in [3.05, 3.63) is 100 Å². The molecule has 3 heterocycles. The van der Waals surface area contributed by atoms with Crippen LogP contribution >= 0.6 is 0 Å². The number of carbonyl (C=O) groups is 1. The molecule has 1 amide bonds. The van der Waals surface area contributed by atoms with E-state index in [-0.39, 0.29) is 11.2 Å². The second-order valence-corrected chi connectivity index (χ2v) is 6.75. The average molecular weight is 413 g/mol. The molecular formula is C23H15N3O5. The summed E-state index contributed by atoms with van der Waals surface area (Å²) in [5.74, 6) is 0.612. The third kappa shape index (κ3) is 3.74. The minimum Gasteiger partial charge on any atom is -0.461 e. The highest BCUT2D eigenvalue weighted by Gasteiger charge is 2.16. The molecule has 1 N–H and O–H groups in total. The summed E-state index contributed by atoms with van der Waals surface area (Å²) in [6.07, 6.45) is 1.83. The quantitative estimate of drug-likeness (QED) is 0.458. The maximum Gasteiger partial charge on any atom is 0.291 e. The Morgan fingerprint density at radius 3 is 2.71 bits per heavy atom. The van der Waals surface area contributed by atoms with E-state index in [4.69, 9.17) is 13.4 Å². The number of anilines is 1. The zero-order chi connectivity index (χ0) is 21.2. The first kappa shape index (κ1) is 18.6. The molecule has 0 aliphatic rings. The monoisotopic (exact) mass is 413 g/mol. The van der Waals surface area contributed by atoms with Crippen LogP contribution in [0.1, 0.15) is 22.0 Å². The maximum atomic E-state index is 12.8. The number of amides is 1. The van der Waals surface area contributed by atoms with Crippen molar-refractivity contribution >= 4 is 22.6 Å². The zero-order valence-corrected chi connectivity index (χ0v) is 16.1. The van der Waals surface area contributed by atoms with Crippen molar-refractivity contribution in [1.29, 1.82) is 0 Å². The highest BCUT2D eigenvalue weighted by Crippen LogP contribution is 2.22. The minimum atomic E-state index is -0.530. The van der Waals surface area contributed by atoms with Gasteiger partial charge in [-0.05, 0) is 35.9 Å². The molecule has 0 radical (unpaired) electrons. The number of furan rings is 1. The maximum absolute atomic E-state index is 12.8. The number of hydrogen-bond acceptors (Lipinski definition) is 7. The van der Waals surface area contributed by atoms with E-state index in [1.165, 1.54) is 12.3 Å². The summed E-state index contributed by atoms with van der Waals surface area (Å²) in [5.41, 5.74) is 1.37. The van der Waals surface area contributed by atoms with Crippen molar-refractivity contribution < 1.29 is 18.2 Å². The van der Waals surface area contributed by atoms with E-state index in [1.54, 1.807) is 48.5 Å². The van der Waals surface area contributed by atoms with Gasteiger partial charge in [0.2, 0.25) is 11.7 Å². The molecule has 8 nitrogen and oxygen atoms in total. The lowest BCUT2D eigenvalue weighted by molar-refractivity contribution is 0.0997. The van der Waals surface area contributed by atoms with Crippen molar-refractivity contribution in [2.75, 3.05) is 5.32 Å². The highest BCUT2D eigenvalue weighted by molar-refractivity contribution is 6.03. The number of hydrogen-bond donors (Lipinski definition) is 1. The Balaban J connectivity index is 1.40. The van der Waals surface area contributed by atoms with Crippen molar-refractivity contribution in [3.8, 4) is 11.6 Å². The smallest absolute Gasteiger partial charge is 0.291 e. The molecule has 0 aliphatic carbocycles. The fraction of sp³-hybridized carbons (Fsp3) is 0.0435. The van der Waals surface area contributed by atoms with E-state index in [0.29, 0.717) is 40.6 Å². The first-order valence-electron chi connectivity index (χ1n) is 9.46.